The van der Waals surface area contributed by atoms with Gasteiger partial charge in [0, 0.05) is 61.8 Å². The molecule has 1 aliphatic rings. The normalized spacial score (nSPS) is 23.0. The number of hydrogen-bond donors (Lipinski definition) is 2. The van der Waals surface area contributed by atoms with Gasteiger partial charge in [0.25, 0.3) is 0 Å². The first kappa shape index (κ1) is 15.8. The fraction of sp³-hybridized carbons (Fsp3) is 0.556. The molecule has 194 valence electrons. The van der Waals surface area contributed by atoms with Crippen LogP contribution in [-0.2, 0) is 27.4 Å². The van der Waals surface area contributed by atoms with Gasteiger partial charge in [-0.15, -0.1) is 0 Å². The third-order valence-corrected chi connectivity index (χ3v) is 5.50. The van der Waals surface area contributed by atoms with Gasteiger partial charge in [0.1, 0.15) is 5.75 Å². The van der Waals surface area contributed by atoms with Crippen molar-refractivity contribution in [1.29, 1.82) is 0 Å². The Bertz CT molecular complexity index is 1390. The van der Waals surface area contributed by atoms with Gasteiger partial charge in [0.2, 0.25) is 5.79 Å². The Kier molecular flexibility index (Phi) is 6.48. The molecule has 0 amide bonds. The highest BCUT2D eigenvalue weighted by atomic mass is 35.5. The molecule has 0 bridgehead atoms. The number of fused-ring (bicyclic) bond motifs is 1. The van der Waals surface area contributed by atoms with Crippen LogP contribution in [0.2, 0.25) is 10.0 Å². The third kappa shape index (κ3) is 9.54. The molecule has 0 saturated carbocycles. The van der Waals surface area contributed by atoms with Crippen LogP contribution in [0.15, 0.2) is 36.4 Å². The van der Waals surface area contributed by atoms with E-state index in [0.29, 0.717) is 26.9 Å². The van der Waals surface area contributed by atoms with Crippen LogP contribution in [0.5, 0.6) is 5.75 Å². The zero-order valence-electron chi connectivity index (χ0n) is 31.4. The van der Waals surface area contributed by atoms with Crippen LogP contribution in [-0.4, -0.2) is 43.7 Å². The van der Waals surface area contributed by atoms with Crippen molar-refractivity contribution in [3.63, 3.8) is 0 Å². The lowest BCUT2D eigenvalue weighted by molar-refractivity contribution is -0.180. The van der Waals surface area contributed by atoms with Gasteiger partial charge in [-0.05, 0) is 49.1 Å². The molecule has 3 rings (SSSR count). The Morgan fingerprint density at radius 2 is 1.83 bits per heavy atom. The van der Waals surface area contributed by atoms with Crippen LogP contribution < -0.4 is 10.1 Å². The molecule has 8 heteroatoms. The van der Waals surface area contributed by atoms with Gasteiger partial charge in [-0.25, -0.2) is 0 Å². The van der Waals surface area contributed by atoms with E-state index in [1.54, 1.807) is 44.2 Å². The monoisotopic (exact) mass is 537 g/mol. The van der Waals surface area contributed by atoms with Crippen molar-refractivity contribution in [2.24, 2.45) is 0 Å². The third-order valence-electron chi connectivity index (χ3n) is 4.80. The number of halogens is 2. The summed E-state index contributed by atoms with van der Waals surface area (Å²) in [6, 6.07) is 9.40. The van der Waals surface area contributed by atoms with Crippen molar-refractivity contribution in [2.45, 2.75) is 64.4 Å². The average molecular weight is 539 g/mol. The van der Waals surface area contributed by atoms with Gasteiger partial charge >= 0.3 is 0 Å². The molecule has 0 aromatic heterocycles. The summed E-state index contributed by atoms with van der Waals surface area (Å²) in [6.07, 6.45) is -17.2. The number of hydrogen-bond acceptors (Lipinski definition) is 6. The molecule has 0 fully saturated rings. The number of ether oxygens (including phenoxy) is 4. The van der Waals surface area contributed by atoms with Crippen molar-refractivity contribution >= 4 is 23.2 Å². The SMILES string of the molecule is [2H]C([2H])(NC[C@H](O)c1ccc2c(c1)COC(C)(C)O2)C([2H])([2H])C([2H])([2H])C([2H])([2H])C([2H])([2H])C([2H])([2H])OCCOCc1c(Cl)cccc1Cl. The summed E-state index contributed by atoms with van der Waals surface area (Å²) in [6.45, 7) is -5.06. The molecule has 35 heavy (non-hydrogen) atoms. The zero-order chi connectivity index (χ0) is 35.9. The Balaban J connectivity index is 1.68. The largest absolute Gasteiger partial charge is 0.463 e. The van der Waals surface area contributed by atoms with E-state index < -0.39 is 63.6 Å². The first-order chi connectivity index (χ1) is 21.3. The highest BCUT2D eigenvalue weighted by Crippen LogP contribution is 2.32. The van der Waals surface area contributed by atoms with Gasteiger partial charge in [-0.3, -0.25) is 0 Å². The fourth-order valence-corrected chi connectivity index (χ4v) is 3.53. The predicted molar refractivity (Wildman–Crippen MR) is 139 cm³/mol. The zero-order valence-corrected chi connectivity index (χ0v) is 20.9. The number of nitrogens with one attached hydrogen (secondary N) is 1. The van der Waals surface area contributed by atoms with Crippen LogP contribution in [0, 0.1) is 0 Å². The maximum Gasteiger partial charge on any atom is 0.205 e. The lowest BCUT2D eigenvalue weighted by Gasteiger charge is -2.33. The second kappa shape index (κ2) is 14.4. The molecule has 6 nitrogen and oxygen atoms in total. The summed E-state index contributed by atoms with van der Waals surface area (Å²) < 4.78 is 121. The smallest absolute Gasteiger partial charge is 0.205 e. The molecule has 1 aliphatic heterocycles. The van der Waals surface area contributed by atoms with Crippen molar-refractivity contribution in [3.05, 3.63) is 63.1 Å². The van der Waals surface area contributed by atoms with E-state index in [2.05, 4.69) is 5.32 Å². The van der Waals surface area contributed by atoms with Crippen molar-refractivity contribution < 1.29 is 40.5 Å². The molecular formula is C27H37Cl2NO5. The lowest BCUT2D eigenvalue weighted by Crippen LogP contribution is -2.35. The number of aliphatic hydroxyl groups is 1. The Hall–Kier alpha value is -1.38. The average Bonchev–Trinajstić information content (AvgIpc) is 2.95. The molecule has 2 aromatic carbocycles. The van der Waals surface area contributed by atoms with E-state index in [9.17, 15) is 5.11 Å². The minimum absolute atomic E-state index is 0.105. The summed E-state index contributed by atoms with van der Waals surface area (Å²) in [5, 5.41) is 13.4. The Morgan fingerprint density at radius 3 is 2.63 bits per heavy atom. The molecule has 0 spiro atoms. The molecule has 2 N–H and O–H groups in total. The number of benzene rings is 2. The second-order valence-corrected chi connectivity index (χ2v) is 8.70. The first-order valence-corrected chi connectivity index (χ1v) is 11.6. The maximum atomic E-state index is 10.7. The fourth-order valence-electron chi connectivity index (χ4n) is 3.03. The molecule has 0 unspecified atom stereocenters. The Morgan fingerprint density at radius 1 is 1.09 bits per heavy atom. The van der Waals surface area contributed by atoms with Crippen LogP contribution in [0.3, 0.4) is 0 Å². The van der Waals surface area contributed by atoms with Crippen molar-refractivity contribution in [1.82, 2.24) is 5.32 Å². The summed E-state index contributed by atoms with van der Waals surface area (Å²) in [7, 11) is 0. The van der Waals surface area contributed by atoms with E-state index in [1.807, 2.05) is 0 Å². The topological polar surface area (TPSA) is 69.2 Å². The Labute approximate surface area is 235 Å². The van der Waals surface area contributed by atoms with Gasteiger partial charge < -0.3 is 29.4 Å². The van der Waals surface area contributed by atoms with E-state index in [1.165, 1.54) is 6.07 Å². The van der Waals surface area contributed by atoms with Gasteiger partial charge in [-0.2, -0.15) is 0 Å². The number of aliphatic hydroxyl groups excluding tert-OH is 1. The van der Waals surface area contributed by atoms with Crippen molar-refractivity contribution in [2.75, 3.05) is 32.8 Å². The second-order valence-electron chi connectivity index (χ2n) is 7.88. The maximum absolute atomic E-state index is 10.7. The first-order valence-electron chi connectivity index (χ1n) is 16.8. The van der Waals surface area contributed by atoms with Crippen LogP contribution >= 0.6 is 23.2 Å². The van der Waals surface area contributed by atoms with Gasteiger partial charge in [0.05, 0.1) is 35.3 Å². The number of rotatable bonds is 15. The summed E-state index contributed by atoms with van der Waals surface area (Å²) in [5.41, 5.74) is 1.31. The van der Waals surface area contributed by atoms with E-state index in [4.69, 9.17) is 58.6 Å². The van der Waals surface area contributed by atoms with Crippen molar-refractivity contribution in [3.8, 4) is 5.75 Å². The predicted octanol–water partition coefficient (Wildman–Crippen LogP) is 6.06. The highest BCUT2D eigenvalue weighted by molar-refractivity contribution is 6.35. The van der Waals surface area contributed by atoms with E-state index in [-0.39, 0.29) is 25.4 Å². The lowest BCUT2D eigenvalue weighted by atomic mass is 10.0. The van der Waals surface area contributed by atoms with E-state index >= 15 is 0 Å². The summed E-state index contributed by atoms with van der Waals surface area (Å²) >= 11 is 12.1. The quantitative estimate of drug-likeness (QED) is 0.269. The summed E-state index contributed by atoms with van der Waals surface area (Å²) in [5.74, 6) is -0.344. The molecule has 0 aliphatic carbocycles. The van der Waals surface area contributed by atoms with Gasteiger partial charge in [-0.1, -0.05) is 48.1 Å². The van der Waals surface area contributed by atoms with Crippen LogP contribution in [0.25, 0.3) is 0 Å². The van der Waals surface area contributed by atoms with Gasteiger partial charge in [0.15, 0.2) is 0 Å². The standard InChI is InChI=1S/C27H37Cl2NO5/c1-27(2)34-18-21-16-20(10-11-26(21)35-27)25(31)17-30-12-5-3-4-6-13-32-14-15-33-19-22-23(28)8-7-9-24(22)29/h7-11,16,25,30-31H,3-6,12-15,17-19H2,1-2H3/t25-/m0/s1/i3D2,4D2,5D2,6D2,12D2,13D2. The molecule has 1 heterocycles. The summed E-state index contributed by atoms with van der Waals surface area (Å²) in [4.78, 5) is 0. The molecule has 0 radical (unpaired) electrons. The molecular weight excluding hydrogens is 489 g/mol. The minimum Gasteiger partial charge on any atom is -0.463 e. The molecule has 1 atom stereocenters. The van der Waals surface area contributed by atoms with Crippen LogP contribution in [0.4, 0.5) is 0 Å². The van der Waals surface area contributed by atoms with Crippen LogP contribution in [0.1, 0.15) is 78.6 Å². The highest BCUT2D eigenvalue weighted by Gasteiger charge is 2.27. The molecule has 0 saturated heterocycles. The van der Waals surface area contributed by atoms with E-state index in [0.717, 1.165) is 0 Å². The molecule has 2 aromatic rings. The minimum atomic E-state index is -4.03.